The molecule has 4 N–H and O–H groups in total. The Morgan fingerprint density at radius 2 is 2.14 bits per heavy atom. The molecule has 0 heterocycles. The monoisotopic (exact) mass is 197 g/mol. The van der Waals surface area contributed by atoms with Crippen LogP contribution in [0.3, 0.4) is 0 Å². The summed E-state index contributed by atoms with van der Waals surface area (Å²) in [5, 5.41) is 18.0. The van der Waals surface area contributed by atoms with E-state index in [1.165, 1.54) is 0 Å². The molecule has 0 saturated heterocycles. The first-order valence-electron chi connectivity index (χ1n) is 5.00. The molecule has 0 aromatic rings. The van der Waals surface area contributed by atoms with E-state index in [0.717, 1.165) is 5.70 Å². The van der Waals surface area contributed by atoms with Crippen molar-refractivity contribution in [1.82, 2.24) is 0 Å². The summed E-state index contributed by atoms with van der Waals surface area (Å²) in [6.07, 6.45) is 7.21. The van der Waals surface area contributed by atoms with Gasteiger partial charge in [0, 0.05) is 24.8 Å². The van der Waals surface area contributed by atoms with Crippen molar-refractivity contribution in [2.45, 2.75) is 19.8 Å². The van der Waals surface area contributed by atoms with Gasteiger partial charge >= 0.3 is 0 Å². The molecule has 0 fully saturated rings. The van der Waals surface area contributed by atoms with Crippen LogP contribution < -0.4 is 5.73 Å². The van der Waals surface area contributed by atoms with Crippen molar-refractivity contribution in [2.24, 2.45) is 17.1 Å². The molecule has 0 radical (unpaired) electrons. The summed E-state index contributed by atoms with van der Waals surface area (Å²) in [6, 6.07) is 0. The van der Waals surface area contributed by atoms with E-state index >= 15 is 0 Å². The van der Waals surface area contributed by atoms with Crippen molar-refractivity contribution >= 4 is 0 Å². The van der Waals surface area contributed by atoms with Gasteiger partial charge in [-0.05, 0) is 24.3 Å². The van der Waals surface area contributed by atoms with E-state index in [1.54, 1.807) is 0 Å². The zero-order valence-corrected chi connectivity index (χ0v) is 8.61. The highest BCUT2D eigenvalue weighted by molar-refractivity contribution is 5.24. The molecule has 2 unspecified atom stereocenters. The summed E-state index contributed by atoms with van der Waals surface area (Å²) >= 11 is 0. The van der Waals surface area contributed by atoms with Crippen LogP contribution in [0.2, 0.25) is 0 Å². The Bertz CT molecular complexity index is 248. The van der Waals surface area contributed by atoms with E-state index < -0.39 is 0 Å². The molecular formula is C11H19NO2. The first kappa shape index (κ1) is 11.3. The van der Waals surface area contributed by atoms with Gasteiger partial charge in [0.15, 0.2) is 0 Å². The molecule has 0 saturated carbocycles. The van der Waals surface area contributed by atoms with E-state index in [9.17, 15) is 0 Å². The topological polar surface area (TPSA) is 66.5 Å². The lowest BCUT2D eigenvalue weighted by molar-refractivity contribution is 0.159. The molecule has 0 aromatic heterocycles. The first-order valence-corrected chi connectivity index (χ1v) is 5.00. The van der Waals surface area contributed by atoms with Crippen LogP contribution in [0.15, 0.2) is 23.9 Å². The van der Waals surface area contributed by atoms with Crippen molar-refractivity contribution < 1.29 is 10.2 Å². The molecule has 0 amide bonds. The number of hydrogen-bond acceptors (Lipinski definition) is 3. The van der Waals surface area contributed by atoms with Crippen molar-refractivity contribution in [1.29, 1.82) is 0 Å². The van der Waals surface area contributed by atoms with Gasteiger partial charge < -0.3 is 15.9 Å². The highest BCUT2D eigenvalue weighted by Gasteiger charge is 2.33. The van der Waals surface area contributed by atoms with Crippen molar-refractivity contribution in [2.75, 3.05) is 13.2 Å². The molecule has 14 heavy (non-hydrogen) atoms. The molecule has 2 atom stereocenters. The molecule has 0 aliphatic heterocycles. The zero-order chi connectivity index (χ0) is 10.6. The smallest absolute Gasteiger partial charge is 0.0439 e. The third-order valence-corrected chi connectivity index (χ3v) is 3.03. The molecule has 1 rings (SSSR count). The molecular weight excluding hydrogens is 178 g/mol. The molecule has 0 spiro atoms. The van der Waals surface area contributed by atoms with Crippen LogP contribution >= 0.6 is 0 Å². The summed E-state index contributed by atoms with van der Waals surface area (Å²) in [6.45, 7) is 2.35. The predicted molar refractivity (Wildman–Crippen MR) is 56.4 cm³/mol. The number of rotatable bonds is 4. The van der Waals surface area contributed by atoms with Crippen molar-refractivity contribution in [3.8, 4) is 0 Å². The van der Waals surface area contributed by atoms with Crippen molar-refractivity contribution in [3.63, 3.8) is 0 Å². The Labute approximate surface area is 84.9 Å². The maximum Gasteiger partial charge on any atom is 0.0439 e. The Kier molecular flexibility index (Phi) is 3.72. The van der Waals surface area contributed by atoms with E-state index in [1.807, 2.05) is 12.2 Å². The van der Waals surface area contributed by atoms with Crippen LogP contribution in [0, 0.1) is 11.3 Å². The SMILES string of the molecule is CC1(CCO)C=CC=C(N)C1CCO. The predicted octanol–water partition coefficient (Wildman–Crippen LogP) is 0.786. The average molecular weight is 197 g/mol. The van der Waals surface area contributed by atoms with Gasteiger partial charge in [0.1, 0.15) is 0 Å². The third-order valence-electron chi connectivity index (χ3n) is 3.03. The number of aliphatic hydroxyl groups is 2. The number of aliphatic hydroxyl groups excluding tert-OH is 2. The lowest BCUT2D eigenvalue weighted by Gasteiger charge is -2.37. The normalized spacial score (nSPS) is 31.6. The number of nitrogens with two attached hydrogens (primary N) is 1. The first-order chi connectivity index (χ1) is 6.64. The summed E-state index contributed by atoms with van der Waals surface area (Å²) in [7, 11) is 0. The fourth-order valence-electron chi connectivity index (χ4n) is 2.12. The van der Waals surface area contributed by atoms with Gasteiger partial charge in [-0.15, -0.1) is 0 Å². The molecule has 1 aliphatic rings. The van der Waals surface area contributed by atoms with E-state index in [0.29, 0.717) is 12.8 Å². The lowest BCUT2D eigenvalue weighted by atomic mass is 9.69. The lowest BCUT2D eigenvalue weighted by Crippen LogP contribution is -2.33. The van der Waals surface area contributed by atoms with E-state index in [-0.39, 0.29) is 24.5 Å². The van der Waals surface area contributed by atoms with Crippen LogP contribution in [0.1, 0.15) is 19.8 Å². The maximum absolute atomic E-state index is 9.00. The second-order valence-corrected chi connectivity index (χ2v) is 4.07. The fourth-order valence-corrected chi connectivity index (χ4v) is 2.12. The maximum atomic E-state index is 9.00. The highest BCUT2D eigenvalue weighted by Crippen LogP contribution is 2.40. The molecule has 1 aliphatic carbocycles. The second kappa shape index (κ2) is 4.62. The van der Waals surface area contributed by atoms with Crippen LogP contribution in [0.4, 0.5) is 0 Å². The van der Waals surface area contributed by atoms with Gasteiger partial charge in [-0.1, -0.05) is 19.1 Å². The van der Waals surface area contributed by atoms with Crippen LogP contribution in [-0.2, 0) is 0 Å². The molecule has 80 valence electrons. The molecule has 3 heteroatoms. The van der Waals surface area contributed by atoms with Gasteiger partial charge in [0.05, 0.1) is 0 Å². The van der Waals surface area contributed by atoms with Gasteiger partial charge in [0.2, 0.25) is 0 Å². The fraction of sp³-hybridized carbons (Fsp3) is 0.636. The summed E-state index contributed by atoms with van der Waals surface area (Å²) in [4.78, 5) is 0. The van der Waals surface area contributed by atoms with Crippen molar-refractivity contribution in [3.05, 3.63) is 23.9 Å². The zero-order valence-electron chi connectivity index (χ0n) is 8.61. The minimum Gasteiger partial charge on any atom is -0.402 e. The quantitative estimate of drug-likeness (QED) is 0.624. The minimum atomic E-state index is -0.115. The molecule has 3 nitrogen and oxygen atoms in total. The van der Waals surface area contributed by atoms with Gasteiger partial charge in [-0.3, -0.25) is 0 Å². The Morgan fingerprint density at radius 3 is 2.71 bits per heavy atom. The van der Waals surface area contributed by atoms with E-state index in [4.69, 9.17) is 15.9 Å². The summed E-state index contributed by atoms with van der Waals surface area (Å²) in [5.41, 5.74) is 6.58. The second-order valence-electron chi connectivity index (χ2n) is 4.07. The van der Waals surface area contributed by atoms with E-state index in [2.05, 4.69) is 13.0 Å². The highest BCUT2D eigenvalue weighted by atomic mass is 16.3. The van der Waals surface area contributed by atoms with Crippen LogP contribution in [0.5, 0.6) is 0 Å². The molecule has 0 bridgehead atoms. The molecule has 0 aromatic carbocycles. The standard InChI is InChI=1S/C11H19NO2/c1-11(6-8-14)5-2-3-10(12)9(11)4-7-13/h2-3,5,9,13-14H,4,6-8,12H2,1H3. The minimum absolute atomic E-state index is 0.115. The van der Waals surface area contributed by atoms with Gasteiger partial charge in [-0.2, -0.15) is 0 Å². The van der Waals surface area contributed by atoms with Crippen LogP contribution in [0.25, 0.3) is 0 Å². The largest absolute Gasteiger partial charge is 0.402 e. The van der Waals surface area contributed by atoms with Gasteiger partial charge in [0.25, 0.3) is 0 Å². The van der Waals surface area contributed by atoms with Crippen LogP contribution in [-0.4, -0.2) is 23.4 Å². The van der Waals surface area contributed by atoms with Gasteiger partial charge in [-0.25, -0.2) is 0 Å². The summed E-state index contributed by atoms with van der Waals surface area (Å²) in [5.74, 6) is 0.143. The number of hydrogen-bond donors (Lipinski definition) is 3. The number of allylic oxidation sites excluding steroid dienone is 4. The summed E-state index contributed by atoms with van der Waals surface area (Å²) < 4.78 is 0. The Morgan fingerprint density at radius 1 is 1.43 bits per heavy atom. The average Bonchev–Trinajstić information content (AvgIpc) is 2.12. The third kappa shape index (κ3) is 2.16. The Hall–Kier alpha value is -0.800. The Balaban J connectivity index is 2.82.